The fourth-order valence-electron chi connectivity index (χ4n) is 1.87. The van der Waals surface area contributed by atoms with Crippen molar-refractivity contribution in [1.29, 1.82) is 0 Å². The molecule has 3 heteroatoms. The second-order valence-electron chi connectivity index (χ2n) is 4.06. The molecule has 88 valence electrons. The molecular formula is C14H17N3. The first-order valence-corrected chi connectivity index (χ1v) is 5.67. The molecule has 17 heavy (non-hydrogen) atoms. The number of nitrogens with two attached hydrogens (primary N) is 1. The predicted molar refractivity (Wildman–Crippen MR) is 71.0 cm³/mol. The molecule has 0 aliphatic heterocycles. The van der Waals surface area contributed by atoms with Crippen molar-refractivity contribution in [3.8, 4) is 0 Å². The van der Waals surface area contributed by atoms with Crippen molar-refractivity contribution < 1.29 is 0 Å². The summed E-state index contributed by atoms with van der Waals surface area (Å²) in [6.07, 6.45) is 1.85. The van der Waals surface area contributed by atoms with Gasteiger partial charge in [0.2, 0.25) is 0 Å². The van der Waals surface area contributed by atoms with Gasteiger partial charge in [0, 0.05) is 13.2 Å². The Bertz CT molecular complexity index is 494. The highest BCUT2D eigenvalue weighted by atomic mass is 14.9. The average molecular weight is 227 g/mol. The normalized spacial score (nSPS) is 12.2. The number of anilines is 1. The largest absolute Gasteiger partial charge is 0.373 e. The maximum absolute atomic E-state index is 6.25. The van der Waals surface area contributed by atoms with E-state index in [-0.39, 0.29) is 6.04 Å². The van der Waals surface area contributed by atoms with Crippen molar-refractivity contribution in [2.75, 3.05) is 12.4 Å². The molecule has 0 spiro atoms. The Morgan fingerprint density at radius 1 is 1.24 bits per heavy atom. The lowest BCUT2D eigenvalue weighted by Gasteiger charge is -2.15. The van der Waals surface area contributed by atoms with Crippen molar-refractivity contribution in [1.82, 2.24) is 4.98 Å². The predicted octanol–water partition coefficient (Wildman–Crippen LogP) is 2.48. The number of hydrogen-bond donors (Lipinski definition) is 2. The Balaban J connectivity index is 2.34. The fraction of sp³-hybridized carbons (Fsp3) is 0.214. The summed E-state index contributed by atoms with van der Waals surface area (Å²) in [5, 5.41) is 3.02. The zero-order valence-corrected chi connectivity index (χ0v) is 10.1. The van der Waals surface area contributed by atoms with Crippen LogP contribution in [0.25, 0.3) is 0 Å². The Hall–Kier alpha value is -1.87. The maximum Gasteiger partial charge on any atom is 0.125 e. The van der Waals surface area contributed by atoms with Crippen LogP contribution in [0.5, 0.6) is 0 Å². The first-order valence-electron chi connectivity index (χ1n) is 5.67. The van der Waals surface area contributed by atoms with Gasteiger partial charge in [0.1, 0.15) is 5.82 Å². The Labute approximate surface area is 102 Å². The second kappa shape index (κ2) is 4.97. The van der Waals surface area contributed by atoms with Crippen LogP contribution >= 0.6 is 0 Å². The van der Waals surface area contributed by atoms with Crippen LogP contribution in [0.1, 0.15) is 22.7 Å². The summed E-state index contributed by atoms with van der Waals surface area (Å²) in [6.45, 7) is 2.06. The SMILES string of the molecule is CNc1cc(C)c(C(N)c2ccccc2)cn1. The third kappa shape index (κ3) is 2.45. The van der Waals surface area contributed by atoms with E-state index in [0.717, 1.165) is 22.5 Å². The Kier molecular flexibility index (Phi) is 3.40. The van der Waals surface area contributed by atoms with E-state index in [9.17, 15) is 0 Å². The van der Waals surface area contributed by atoms with Crippen LogP contribution in [0.3, 0.4) is 0 Å². The van der Waals surface area contributed by atoms with E-state index < -0.39 is 0 Å². The lowest BCUT2D eigenvalue weighted by atomic mass is 9.97. The number of aromatic nitrogens is 1. The van der Waals surface area contributed by atoms with Crippen molar-refractivity contribution in [3.63, 3.8) is 0 Å². The lowest BCUT2D eigenvalue weighted by Crippen LogP contribution is -2.13. The maximum atomic E-state index is 6.25. The number of nitrogens with zero attached hydrogens (tertiary/aromatic N) is 1. The van der Waals surface area contributed by atoms with Crippen molar-refractivity contribution in [3.05, 3.63) is 59.3 Å². The van der Waals surface area contributed by atoms with Crippen LogP contribution in [0.15, 0.2) is 42.6 Å². The standard InChI is InChI=1S/C14H17N3/c1-10-8-13(16-2)17-9-12(10)14(15)11-6-4-3-5-7-11/h3-9,14H,15H2,1-2H3,(H,16,17). The molecule has 0 aliphatic rings. The lowest BCUT2D eigenvalue weighted by molar-refractivity contribution is 0.853. The van der Waals surface area contributed by atoms with Crippen molar-refractivity contribution in [2.24, 2.45) is 5.73 Å². The van der Waals surface area contributed by atoms with E-state index in [1.54, 1.807) is 0 Å². The van der Waals surface area contributed by atoms with Gasteiger partial charge in [-0.2, -0.15) is 0 Å². The smallest absolute Gasteiger partial charge is 0.125 e. The molecule has 0 bridgehead atoms. The van der Waals surface area contributed by atoms with Crippen molar-refractivity contribution in [2.45, 2.75) is 13.0 Å². The highest BCUT2D eigenvalue weighted by molar-refractivity contribution is 5.43. The summed E-state index contributed by atoms with van der Waals surface area (Å²) in [6, 6.07) is 12.0. The van der Waals surface area contributed by atoms with E-state index >= 15 is 0 Å². The third-order valence-corrected chi connectivity index (χ3v) is 2.90. The molecule has 0 amide bonds. The molecule has 1 heterocycles. The van der Waals surface area contributed by atoms with Gasteiger partial charge >= 0.3 is 0 Å². The fourth-order valence-corrected chi connectivity index (χ4v) is 1.87. The molecule has 0 saturated carbocycles. The van der Waals surface area contributed by atoms with E-state index in [0.29, 0.717) is 0 Å². The molecule has 1 aromatic heterocycles. The summed E-state index contributed by atoms with van der Waals surface area (Å²) in [5.41, 5.74) is 9.57. The minimum absolute atomic E-state index is 0.116. The van der Waals surface area contributed by atoms with Gasteiger partial charge in [-0.25, -0.2) is 4.98 Å². The van der Waals surface area contributed by atoms with E-state index in [4.69, 9.17) is 5.73 Å². The van der Waals surface area contributed by atoms with Gasteiger partial charge in [0.05, 0.1) is 6.04 Å². The van der Waals surface area contributed by atoms with Crippen LogP contribution in [0, 0.1) is 6.92 Å². The molecule has 1 atom stereocenters. The molecule has 2 rings (SSSR count). The number of benzene rings is 1. The second-order valence-corrected chi connectivity index (χ2v) is 4.06. The van der Waals surface area contributed by atoms with Gasteiger partial charge in [-0.05, 0) is 29.7 Å². The Morgan fingerprint density at radius 2 is 1.94 bits per heavy atom. The number of hydrogen-bond acceptors (Lipinski definition) is 3. The summed E-state index contributed by atoms with van der Waals surface area (Å²) in [7, 11) is 1.86. The number of pyridine rings is 1. The van der Waals surface area contributed by atoms with Crippen LogP contribution in [-0.2, 0) is 0 Å². The minimum Gasteiger partial charge on any atom is -0.373 e. The number of aryl methyl sites for hydroxylation is 1. The monoisotopic (exact) mass is 227 g/mol. The number of nitrogens with one attached hydrogen (secondary N) is 1. The molecule has 0 fully saturated rings. The van der Waals surface area contributed by atoms with Gasteiger partial charge in [0.15, 0.2) is 0 Å². The molecule has 1 unspecified atom stereocenters. The third-order valence-electron chi connectivity index (χ3n) is 2.90. The highest BCUT2D eigenvalue weighted by Crippen LogP contribution is 2.23. The highest BCUT2D eigenvalue weighted by Gasteiger charge is 2.11. The summed E-state index contributed by atoms with van der Waals surface area (Å²) in [5.74, 6) is 0.867. The molecule has 2 aromatic rings. The van der Waals surface area contributed by atoms with Crippen LogP contribution in [0.2, 0.25) is 0 Å². The minimum atomic E-state index is -0.116. The topological polar surface area (TPSA) is 50.9 Å². The van der Waals surface area contributed by atoms with Crippen LogP contribution in [-0.4, -0.2) is 12.0 Å². The molecule has 3 nitrogen and oxygen atoms in total. The molecule has 0 saturated heterocycles. The zero-order chi connectivity index (χ0) is 12.3. The summed E-state index contributed by atoms with van der Waals surface area (Å²) < 4.78 is 0. The van der Waals surface area contributed by atoms with E-state index in [1.807, 2.05) is 49.6 Å². The van der Waals surface area contributed by atoms with Gasteiger partial charge in [-0.3, -0.25) is 0 Å². The molecule has 0 aliphatic carbocycles. The number of rotatable bonds is 3. The van der Waals surface area contributed by atoms with Crippen LogP contribution < -0.4 is 11.1 Å². The Morgan fingerprint density at radius 3 is 2.53 bits per heavy atom. The molecule has 1 aromatic carbocycles. The van der Waals surface area contributed by atoms with Gasteiger partial charge in [-0.1, -0.05) is 30.3 Å². The summed E-state index contributed by atoms with van der Waals surface area (Å²) in [4.78, 5) is 4.31. The van der Waals surface area contributed by atoms with Crippen LogP contribution in [0.4, 0.5) is 5.82 Å². The van der Waals surface area contributed by atoms with E-state index in [2.05, 4.69) is 17.2 Å². The molecule has 3 N–H and O–H groups in total. The average Bonchev–Trinajstić information content (AvgIpc) is 2.39. The van der Waals surface area contributed by atoms with Gasteiger partial charge < -0.3 is 11.1 Å². The summed E-state index contributed by atoms with van der Waals surface area (Å²) >= 11 is 0. The zero-order valence-electron chi connectivity index (χ0n) is 10.1. The molecule has 0 radical (unpaired) electrons. The first kappa shape index (κ1) is 11.6. The van der Waals surface area contributed by atoms with Crippen molar-refractivity contribution >= 4 is 5.82 Å². The van der Waals surface area contributed by atoms with Gasteiger partial charge in [0.25, 0.3) is 0 Å². The molecular weight excluding hydrogens is 210 g/mol. The van der Waals surface area contributed by atoms with Gasteiger partial charge in [-0.15, -0.1) is 0 Å². The first-order chi connectivity index (χ1) is 8.22. The van der Waals surface area contributed by atoms with E-state index in [1.165, 1.54) is 0 Å². The quantitative estimate of drug-likeness (QED) is 0.847.